The van der Waals surface area contributed by atoms with E-state index in [4.69, 9.17) is 11.6 Å². The van der Waals surface area contributed by atoms with Crippen LogP contribution in [0.25, 0.3) is 10.9 Å². The molecule has 10 aromatic rings. The molecular formula is C71H85ClF2N16O9S5. The van der Waals surface area contributed by atoms with Gasteiger partial charge >= 0.3 is 0 Å². The molecule has 8 heterocycles. The number of carbonyl (C=O) groups is 3. The minimum Gasteiger partial charge on any atom is -0.368 e. The van der Waals surface area contributed by atoms with Crippen LogP contribution in [0.4, 0.5) is 47.6 Å². The predicted octanol–water partition coefficient (Wildman–Crippen LogP) is 11.3. The third kappa shape index (κ3) is 17.8. The van der Waals surface area contributed by atoms with Crippen molar-refractivity contribution in [2.45, 2.75) is 66.8 Å². The number of aryl methyl sites for hydroxylation is 2. The molecule has 3 fully saturated rings. The highest BCUT2D eigenvalue weighted by Gasteiger charge is 2.33. The van der Waals surface area contributed by atoms with E-state index >= 15 is 0 Å². The molecule has 0 spiro atoms. The molecule has 33 heteroatoms. The standard InChI is InChI=1S/C25H29FN6O3S2.C24H24FN5O3S2.C22H22ClN5O3S.5H2/c1-17(32-11-3-4-19-16-20(26)5-10-23(19)32)24(33)31-14-12-30(13-15-31)21-6-8-22(9-7-21)37(34,35)29-25-27-18(2)28-36-25;1-17(30-10-8-20-21(25)6-3-7-22(20)30)23(31)29-13-11-28(12-14-29)18-4-2-5-19(16-18)35(32,33)27-24-26-9-15-34-24;23-18-3-1-17(2-4-18)15-22(29)28-13-11-27(12-14-28)19-5-7-20(8-6-19)32(30,31)26-21-9-10-24-16-25-21;;;;;/h5-10,16-17H,3-4,11-15H2,1-2H3,(H,27,28,29);2-10,15-17H,11-14H2,1H3,(H,26,27);1-10,16H,11-15H2,(H,24,25,26);5*1H/t2*17-;;;;;;/m10....../s1. The van der Waals surface area contributed by atoms with Crippen molar-refractivity contribution in [2.75, 3.05) is 119 Å². The molecule has 104 heavy (non-hydrogen) atoms. The normalized spacial score (nSPS) is 15.6. The van der Waals surface area contributed by atoms with E-state index in [2.05, 4.69) is 58.1 Å². The highest BCUT2D eigenvalue weighted by Crippen LogP contribution is 2.32. The van der Waals surface area contributed by atoms with Gasteiger partial charge < -0.3 is 38.9 Å². The topological polar surface area (TPSA) is 282 Å². The molecule has 14 rings (SSSR count). The smallest absolute Gasteiger partial charge is 0.263 e. The third-order valence-corrected chi connectivity index (χ3v) is 24.3. The molecule has 0 bridgehead atoms. The van der Waals surface area contributed by atoms with Gasteiger partial charge in [-0.25, -0.2) is 54.0 Å². The average Bonchev–Trinajstić information content (AvgIpc) is 1.54. The van der Waals surface area contributed by atoms with Crippen LogP contribution in [-0.2, 0) is 57.3 Å². The molecule has 2 atom stereocenters. The van der Waals surface area contributed by atoms with Crippen molar-refractivity contribution < 1.29 is 55.6 Å². The number of thiazole rings is 1. The Morgan fingerprint density at radius 2 is 1.17 bits per heavy atom. The highest BCUT2D eigenvalue weighted by molar-refractivity contribution is 7.93. The van der Waals surface area contributed by atoms with Gasteiger partial charge in [0.05, 0.1) is 26.6 Å². The summed E-state index contributed by atoms with van der Waals surface area (Å²) in [6.45, 7) is 13.4. The lowest BCUT2D eigenvalue weighted by atomic mass is 9.99. The lowest BCUT2D eigenvalue weighted by Crippen LogP contribution is -2.55. The number of nitrogens with one attached hydrogen (secondary N) is 3. The summed E-state index contributed by atoms with van der Waals surface area (Å²) < 4.78 is 117. The fraction of sp³-hybridized carbons (Fsp3) is 0.296. The van der Waals surface area contributed by atoms with Gasteiger partial charge in [-0.2, -0.15) is 4.37 Å². The summed E-state index contributed by atoms with van der Waals surface area (Å²) in [5.41, 5.74) is 6.11. The Labute approximate surface area is 622 Å². The Morgan fingerprint density at radius 3 is 1.77 bits per heavy atom. The Kier molecular flexibility index (Phi) is 23.0. The molecule has 4 aromatic heterocycles. The van der Waals surface area contributed by atoms with Gasteiger partial charge in [0.25, 0.3) is 30.1 Å². The van der Waals surface area contributed by atoms with Crippen LogP contribution in [0.15, 0.2) is 191 Å². The van der Waals surface area contributed by atoms with Crippen LogP contribution in [0, 0.1) is 18.6 Å². The van der Waals surface area contributed by atoms with Crippen molar-refractivity contribution in [1.29, 1.82) is 0 Å². The maximum absolute atomic E-state index is 14.1. The number of carbonyl (C=O) groups excluding carboxylic acids is 3. The molecular weight excluding hydrogens is 1450 g/mol. The van der Waals surface area contributed by atoms with Crippen LogP contribution in [0.5, 0.6) is 0 Å². The summed E-state index contributed by atoms with van der Waals surface area (Å²) in [7, 11) is -11.2. The van der Waals surface area contributed by atoms with Crippen molar-refractivity contribution in [3.8, 4) is 0 Å². The van der Waals surface area contributed by atoms with Gasteiger partial charge in [-0.15, -0.1) is 11.3 Å². The van der Waals surface area contributed by atoms with Gasteiger partial charge in [0.2, 0.25) is 22.9 Å². The molecule has 0 saturated carbocycles. The van der Waals surface area contributed by atoms with E-state index in [0.717, 1.165) is 64.8 Å². The monoisotopic (exact) mass is 1540 g/mol. The number of hydrogen-bond acceptors (Lipinski definition) is 20. The van der Waals surface area contributed by atoms with Gasteiger partial charge in [0.15, 0.2) is 5.13 Å². The first-order valence-electron chi connectivity index (χ1n) is 33.4. The van der Waals surface area contributed by atoms with Crippen molar-refractivity contribution in [3.05, 3.63) is 209 Å². The Balaban J connectivity index is 0.000000223. The fourth-order valence-electron chi connectivity index (χ4n) is 12.8. The average molecular weight is 1540 g/mol. The summed E-state index contributed by atoms with van der Waals surface area (Å²) in [5.74, 6) is 0.297. The third-order valence-electron chi connectivity index (χ3n) is 18.3. The van der Waals surface area contributed by atoms with Gasteiger partial charge in [-0.1, -0.05) is 35.9 Å². The lowest BCUT2D eigenvalue weighted by Gasteiger charge is -2.41. The molecule has 4 aliphatic heterocycles. The van der Waals surface area contributed by atoms with Crippen LogP contribution in [0.3, 0.4) is 0 Å². The number of anilines is 7. The summed E-state index contributed by atoms with van der Waals surface area (Å²) in [6.07, 6.45) is 8.10. The zero-order chi connectivity index (χ0) is 73.3. The molecule has 0 radical (unpaired) electrons. The number of sulfonamides is 3. The molecule has 25 nitrogen and oxygen atoms in total. The van der Waals surface area contributed by atoms with E-state index in [1.54, 1.807) is 131 Å². The van der Waals surface area contributed by atoms with E-state index < -0.39 is 36.1 Å². The van der Waals surface area contributed by atoms with Crippen molar-refractivity contribution >= 4 is 132 Å². The quantitative estimate of drug-likeness (QED) is 0.0719. The molecule has 4 aliphatic rings. The number of piperazine rings is 3. The van der Waals surface area contributed by atoms with Gasteiger partial charge in [0.1, 0.15) is 41.7 Å². The van der Waals surface area contributed by atoms with E-state index in [9.17, 15) is 48.4 Å². The van der Waals surface area contributed by atoms with Crippen LogP contribution < -0.4 is 33.8 Å². The molecule has 3 amide bonds. The largest absolute Gasteiger partial charge is 0.368 e. The maximum Gasteiger partial charge on any atom is 0.263 e. The van der Waals surface area contributed by atoms with Crippen molar-refractivity contribution in [2.24, 2.45) is 0 Å². The van der Waals surface area contributed by atoms with Crippen molar-refractivity contribution in [1.82, 2.24) is 43.6 Å². The van der Waals surface area contributed by atoms with Gasteiger partial charge in [-0.3, -0.25) is 28.5 Å². The fourth-order valence-corrected chi connectivity index (χ4v) is 17.5. The minimum absolute atomic E-state index is 0. The molecule has 0 unspecified atom stereocenters. The second kappa shape index (κ2) is 32.4. The Morgan fingerprint density at radius 1 is 0.587 bits per heavy atom. The maximum atomic E-state index is 14.1. The Hall–Kier alpha value is -9.86. The summed E-state index contributed by atoms with van der Waals surface area (Å²) in [4.78, 5) is 69.2. The molecule has 3 N–H and O–H groups in total. The number of aromatic nitrogens is 6. The molecule has 554 valence electrons. The zero-order valence-electron chi connectivity index (χ0n) is 56.9. The van der Waals surface area contributed by atoms with E-state index in [0.29, 0.717) is 112 Å². The lowest BCUT2D eigenvalue weighted by molar-refractivity contribution is -0.134. The van der Waals surface area contributed by atoms with E-state index in [1.165, 1.54) is 48.3 Å². The molecule has 3 saturated heterocycles. The van der Waals surface area contributed by atoms with Crippen LogP contribution >= 0.6 is 34.5 Å². The number of benzene rings is 6. The number of rotatable bonds is 18. The summed E-state index contributed by atoms with van der Waals surface area (Å²) in [6, 6.07) is 39.5. The van der Waals surface area contributed by atoms with Crippen LogP contribution in [0.1, 0.15) is 50.4 Å². The first-order chi connectivity index (χ1) is 49.9. The second-order valence-corrected chi connectivity index (χ2v) is 32.1. The number of hydrogen-bond donors (Lipinski definition) is 3. The minimum atomic E-state index is -3.75. The second-order valence-electron chi connectivity index (χ2n) is 25.0. The Bertz CT molecular complexity index is 5040. The van der Waals surface area contributed by atoms with Crippen molar-refractivity contribution in [3.63, 3.8) is 0 Å². The number of amides is 3. The van der Waals surface area contributed by atoms with Gasteiger partial charge in [-0.05, 0) is 166 Å². The number of nitrogens with zero attached hydrogens (tertiary/aromatic N) is 13. The van der Waals surface area contributed by atoms with Gasteiger partial charge in [0, 0.05) is 161 Å². The molecule has 0 aliphatic carbocycles. The number of halogens is 3. The van der Waals surface area contributed by atoms with E-state index in [1.807, 2.05) is 47.9 Å². The first kappa shape index (κ1) is 73.9. The summed E-state index contributed by atoms with van der Waals surface area (Å²) >= 11 is 8.11. The summed E-state index contributed by atoms with van der Waals surface area (Å²) in [5, 5.41) is 3.40. The zero-order valence-corrected chi connectivity index (χ0v) is 61.7. The SMILES string of the molecule is C[C@@H](C(=O)N1CCN(c2cccc(S(=O)(=O)Nc3nccs3)c2)CC1)n1ccc2c(F)cccc21.Cc1nsc(NS(=O)(=O)c2ccc(N3CCN(C(=O)[C@@H](C)N4CCCc5cc(F)ccc54)CC3)cc2)n1.O=C(Cc1ccc(Cl)cc1)N1CCN(c2ccc(S(=O)(=O)Nc3ccncn3)cc2)CC1.[HH].[HH].[HH].[HH].[HH]. The predicted molar refractivity (Wildman–Crippen MR) is 411 cm³/mol. The number of fused-ring (bicyclic) bond motifs is 2. The van der Waals surface area contributed by atoms with Crippen LogP contribution in [0.2, 0.25) is 5.02 Å². The highest BCUT2D eigenvalue weighted by atomic mass is 35.5. The van der Waals surface area contributed by atoms with E-state index in [-0.39, 0.29) is 68.2 Å². The first-order valence-corrected chi connectivity index (χ1v) is 39.9. The molecule has 6 aromatic carbocycles. The van der Waals surface area contributed by atoms with Crippen LogP contribution in [-0.4, -0.2) is 178 Å².